The lowest BCUT2D eigenvalue weighted by Gasteiger charge is -2.59. The number of carbonyl (C=O) groups excluding carboxylic acids is 2. The molecular weight excluding hydrogens is 408 g/mol. The summed E-state index contributed by atoms with van der Waals surface area (Å²) in [5, 5.41) is 7.03. The molecule has 0 saturated heterocycles. The Kier molecular flexibility index (Phi) is 4.38. The summed E-state index contributed by atoms with van der Waals surface area (Å²) in [7, 11) is 0. The smallest absolute Gasteiger partial charge is 0.243 e. The van der Waals surface area contributed by atoms with Gasteiger partial charge in [-0.15, -0.1) is 0 Å². The van der Waals surface area contributed by atoms with Crippen molar-refractivity contribution in [3.8, 4) is 0 Å². The summed E-state index contributed by atoms with van der Waals surface area (Å²) in [6.07, 6.45) is 19.0. The minimum Gasteiger partial charge on any atom is -0.350 e. The second kappa shape index (κ2) is 6.88. The van der Waals surface area contributed by atoms with Crippen LogP contribution in [0.2, 0.25) is 0 Å². The van der Waals surface area contributed by atoms with Gasteiger partial charge in [-0.25, -0.2) is 0 Å². The van der Waals surface area contributed by atoms with Crippen molar-refractivity contribution >= 4 is 11.8 Å². The van der Waals surface area contributed by atoms with Gasteiger partial charge in [0.1, 0.15) is 0 Å². The molecule has 2 amide bonds. The molecule has 1 heterocycles. The lowest BCUT2D eigenvalue weighted by Crippen LogP contribution is -2.62. The average Bonchev–Trinajstić information content (AvgIpc) is 3.10. The minimum atomic E-state index is 0.0811. The van der Waals surface area contributed by atoms with Crippen LogP contribution in [0.1, 0.15) is 90.9 Å². The third kappa shape index (κ3) is 2.94. The molecule has 0 aromatic carbocycles. The van der Waals surface area contributed by atoms with Crippen molar-refractivity contribution in [1.82, 2.24) is 10.6 Å². The second-order valence-corrected chi connectivity index (χ2v) is 14.1. The Morgan fingerprint density at radius 3 is 2.33 bits per heavy atom. The van der Waals surface area contributed by atoms with Crippen molar-refractivity contribution in [3.63, 3.8) is 0 Å². The largest absolute Gasteiger partial charge is 0.350 e. The molecule has 2 N–H and O–H groups in total. The van der Waals surface area contributed by atoms with Crippen LogP contribution in [0, 0.1) is 52.3 Å². The summed E-state index contributed by atoms with van der Waals surface area (Å²) in [6, 6.07) is 0.289. The van der Waals surface area contributed by atoms with Crippen LogP contribution in [0.3, 0.4) is 0 Å². The highest BCUT2D eigenvalue weighted by molar-refractivity contribution is 5.89. The number of rotatable bonds is 2. The molecule has 7 aliphatic carbocycles. The molecule has 4 bridgehead atoms. The maximum absolute atomic E-state index is 13.9. The molecule has 180 valence electrons. The molecule has 4 nitrogen and oxygen atoms in total. The van der Waals surface area contributed by atoms with Crippen molar-refractivity contribution in [2.45, 2.75) is 102 Å². The Morgan fingerprint density at radius 1 is 0.939 bits per heavy atom. The molecule has 7 atom stereocenters. The van der Waals surface area contributed by atoms with Gasteiger partial charge in [0, 0.05) is 22.9 Å². The molecule has 0 unspecified atom stereocenters. The van der Waals surface area contributed by atoms with Crippen LogP contribution in [-0.2, 0) is 9.59 Å². The lowest BCUT2D eigenvalue weighted by atomic mass is 9.48. The lowest BCUT2D eigenvalue weighted by molar-refractivity contribution is -0.139. The highest BCUT2D eigenvalue weighted by Crippen LogP contribution is 2.65. The van der Waals surface area contributed by atoms with Crippen LogP contribution in [0.4, 0.5) is 0 Å². The van der Waals surface area contributed by atoms with E-state index in [4.69, 9.17) is 0 Å². The molecule has 0 aromatic heterocycles. The van der Waals surface area contributed by atoms with Gasteiger partial charge in [-0.05, 0) is 124 Å². The fraction of sp³-hybridized carbons (Fsp3) is 0.862. The first-order chi connectivity index (χ1) is 15.8. The summed E-state index contributed by atoms with van der Waals surface area (Å²) < 4.78 is 0. The third-order valence-corrected chi connectivity index (χ3v) is 12.4. The number of fused-ring (bicyclic) bond motifs is 5. The topological polar surface area (TPSA) is 58.2 Å². The summed E-state index contributed by atoms with van der Waals surface area (Å²) in [6.45, 7) is 4.86. The van der Waals surface area contributed by atoms with Crippen LogP contribution in [0.5, 0.6) is 0 Å². The standard InChI is InChI=1S/C29H42N2O2/c1-27-9-7-22-20(3-6-24-28(22,2)10-8-25(32)30-24)21(27)4-5-23(27)26(33)31-29-14-17-11-18(15-29)13-19(12-17)16-29/h8,10,17-24H,3-7,9,11-16H2,1-2H3,(H,30,32)(H,31,33)/t17?,18?,19?,20-,21-,22-,23+,24+,27-,28+,29?/m0/s1. The normalized spacial score (nSPS) is 56.0. The van der Waals surface area contributed by atoms with Gasteiger partial charge in [-0.2, -0.15) is 0 Å². The minimum absolute atomic E-state index is 0.0811. The first-order valence-electron chi connectivity index (χ1n) is 14.1. The van der Waals surface area contributed by atoms with Gasteiger partial charge in [-0.3, -0.25) is 9.59 Å². The van der Waals surface area contributed by atoms with Crippen LogP contribution in [-0.4, -0.2) is 23.4 Å². The van der Waals surface area contributed by atoms with E-state index in [1.807, 2.05) is 0 Å². The van der Waals surface area contributed by atoms with Crippen molar-refractivity contribution in [2.75, 3.05) is 0 Å². The van der Waals surface area contributed by atoms with Gasteiger partial charge in [-0.1, -0.05) is 19.9 Å². The van der Waals surface area contributed by atoms with Gasteiger partial charge in [0.2, 0.25) is 11.8 Å². The first kappa shape index (κ1) is 21.0. The van der Waals surface area contributed by atoms with Crippen molar-refractivity contribution < 1.29 is 9.59 Å². The van der Waals surface area contributed by atoms with Crippen LogP contribution >= 0.6 is 0 Å². The number of nitrogens with one attached hydrogen (secondary N) is 2. The Labute approximate surface area is 199 Å². The Bertz CT molecular complexity index is 874. The molecule has 4 heteroatoms. The molecule has 7 fully saturated rings. The van der Waals surface area contributed by atoms with Crippen LogP contribution in [0.25, 0.3) is 0 Å². The second-order valence-electron chi connectivity index (χ2n) is 14.1. The Balaban J connectivity index is 1.11. The zero-order valence-corrected chi connectivity index (χ0v) is 20.6. The molecule has 1 aliphatic heterocycles. The fourth-order valence-corrected chi connectivity index (χ4v) is 11.4. The van der Waals surface area contributed by atoms with Crippen LogP contribution < -0.4 is 10.6 Å². The van der Waals surface area contributed by atoms with E-state index in [9.17, 15) is 9.59 Å². The summed E-state index contributed by atoms with van der Waals surface area (Å²) in [4.78, 5) is 25.9. The molecular formula is C29H42N2O2. The SMILES string of the molecule is C[C@]12C=CC(=O)N[C@@H]1CC[C@@H]1[C@@H]2CC[C@]2(C)[C@@H](C(=O)NC34CC5CC(CC(C5)C3)C4)CC[C@@H]12. The average molecular weight is 451 g/mol. The quantitative estimate of drug-likeness (QED) is 0.623. The predicted molar refractivity (Wildman–Crippen MR) is 128 cm³/mol. The highest BCUT2D eigenvalue weighted by atomic mass is 16.2. The van der Waals surface area contributed by atoms with E-state index in [0.717, 1.165) is 30.6 Å². The van der Waals surface area contributed by atoms with Gasteiger partial charge < -0.3 is 10.6 Å². The highest BCUT2D eigenvalue weighted by Gasteiger charge is 2.61. The molecule has 0 spiro atoms. The number of hydrogen-bond donors (Lipinski definition) is 2. The van der Waals surface area contributed by atoms with Crippen molar-refractivity contribution in [1.29, 1.82) is 0 Å². The number of hydrogen-bond acceptors (Lipinski definition) is 2. The van der Waals surface area contributed by atoms with E-state index in [0.29, 0.717) is 23.7 Å². The van der Waals surface area contributed by atoms with E-state index in [1.165, 1.54) is 64.2 Å². The van der Waals surface area contributed by atoms with Gasteiger partial charge in [0.15, 0.2) is 0 Å². The Morgan fingerprint density at radius 2 is 1.64 bits per heavy atom. The van der Waals surface area contributed by atoms with Crippen molar-refractivity contribution in [2.24, 2.45) is 52.3 Å². The van der Waals surface area contributed by atoms with E-state index < -0.39 is 0 Å². The van der Waals surface area contributed by atoms with Gasteiger partial charge in [0.25, 0.3) is 0 Å². The molecule has 33 heavy (non-hydrogen) atoms. The summed E-state index contributed by atoms with van der Waals surface area (Å²) in [5.41, 5.74) is 0.365. The predicted octanol–water partition coefficient (Wildman–Crippen LogP) is 4.98. The zero-order valence-electron chi connectivity index (χ0n) is 20.6. The van der Waals surface area contributed by atoms with E-state index in [2.05, 4.69) is 30.6 Å². The van der Waals surface area contributed by atoms with Gasteiger partial charge >= 0.3 is 0 Å². The summed E-state index contributed by atoms with van der Waals surface area (Å²) in [5.74, 6) is 5.30. The van der Waals surface area contributed by atoms with E-state index in [1.54, 1.807) is 6.08 Å². The molecule has 8 aliphatic rings. The zero-order chi connectivity index (χ0) is 22.6. The third-order valence-electron chi connectivity index (χ3n) is 12.4. The molecule has 0 radical (unpaired) electrons. The maximum atomic E-state index is 13.9. The molecule has 8 rings (SSSR count). The number of carbonyl (C=O) groups is 2. The summed E-state index contributed by atoms with van der Waals surface area (Å²) >= 11 is 0. The van der Waals surface area contributed by atoms with E-state index >= 15 is 0 Å². The molecule has 7 saturated carbocycles. The molecule has 0 aromatic rings. The van der Waals surface area contributed by atoms with Crippen LogP contribution in [0.15, 0.2) is 12.2 Å². The monoisotopic (exact) mass is 450 g/mol. The first-order valence-corrected chi connectivity index (χ1v) is 14.1. The van der Waals surface area contributed by atoms with Gasteiger partial charge in [0.05, 0.1) is 0 Å². The van der Waals surface area contributed by atoms with E-state index in [-0.39, 0.29) is 34.2 Å². The van der Waals surface area contributed by atoms with Crippen molar-refractivity contribution in [3.05, 3.63) is 12.2 Å². The Hall–Kier alpha value is -1.32. The fourth-order valence-electron chi connectivity index (χ4n) is 11.4. The number of amides is 2. The maximum Gasteiger partial charge on any atom is 0.243 e.